The smallest absolute Gasteiger partial charge is 0.179 e. The van der Waals surface area contributed by atoms with E-state index in [0.29, 0.717) is 16.3 Å². The van der Waals surface area contributed by atoms with Gasteiger partial charge in [-0.2, -0.15) is 5.26 Å². The molecule has 30 heavy (non-hydrogen) atoms. The van der Waals surface area contributed by atoms with E-state index < -0.39 is 19.7 Å². The Morgan fingerprint density at radius 2 is 1.37 bits per heavy atom. The number of hydrogen-bond acceptors (Lipinski definition) is 5. The molecule has 0 saturated heterocycles. The summed E-state index contributed by atoms with van der Waals surface area (Å²) in [5.41, 5.74) is 0. The van der Waals surface area contributed by atoms with Gasteiger partial charge in [0.1, 0.15) is 0 Å². The average molecular weight is 464 g/mol. The first-order valence-corrected chi connectivity index (χ1v) is 12.9. The highest BCUT2D eigenvalue weighted by Crippen LogP contribution is 2.20. The Morgan fingerprint density at radius 1 is 0.800 bits per heavy atom. The van der Waals surface area contributed by atoms with Crippen LogP contribution in [0.1, 0.15) is 19.8 Å². The minimum atomic E-state index is -3.34. The van der Waals surface area contributed by atoms with Crippen molar-refractivity contribution >= 4 is 42.0 Å². The lowest BCUT2D eigenvalue weighted by Gasteiger charge is -2.04. The van der Waals surface area contributed by atoms with Gasteiger partial charge in [-0.1, -0.05) is 48.9 Å². The largest absolute Gasteiger partial charge is 0.224 e. The first kappa shape index (κ1) is 23.9. The Bertz CT molecular complexity index is 1250. The van der Waals surface area contributed by atoms with Crippen LogP contribution in [-0.4, -0.2) is 28.3 Å². The van der Waals surface area contributed by atoms with Crippen molar-refractivity contribution in [2.45, 2.75) is 29.6 Å². The number of hydrogen-bond donors (Lipinski definition) is 0. The van der Waals surface area contributed by atoms with E-state index in [1.807, 2.05) is 37.3 Å². The molecule has 0 aliphatic rings. The van der Waals surface area contributed by atoms with Gasteiger partial charge in [0.2, 0.25) is 0 Å². The lowest BCUT2D eigenvalue weighted by Crippen LogP contribution is -2.05. The van der Waals surface area contributed by atoms with Crippen LogP contribution in [0.15, 0.2) is 76.5 Å². The second-order valence-corrected chi connectivity index (χ2v) is 11.2. The summed E-state index contributed by atoms with van der Waals surface area (Å²) in [7, 11) is -6.42. The van der Waals surface area contributed by atoms with Crippen molar-refractivity contribution in [3.63, 3.8) is 0 Å². The monoisotopic (exact) mass is 463 g/mol. The van der Waals surface area contributed by atoms with Crippen LogP contribution < -0.4 is 0 Å². The number of nitriles is 1. The highest BCUT2D eigenvalue weighted by Gasteiger charge is 2.14. The van der Waals surface area contributed by atoms with Gasteiger partial charge in [0.05, 0.1) is 27.4 Å². The van der Waals surface area contributed by atoms with Crippen LogP contribution in [0.3, 0.4) is 0 Å². The molecule has 0 aliphatic carbocycles. The fraction of sp³-hybridized carbons (Fsp3) is 0.227. The summed E-state index contributed by atoms with van der Waals surface area (Å²) >= 11 is 5.64. The van der Waals surface area contributed by atoms with Crippen LogP contribution in [0.4, 0.5) is 0 Å². The van der Waals surface area contributed by atoms with Gasteiger partial charge in [-0.3, -0.25) is 0 Å². The first-order valence-electron chi connectivity index (χ1n) is 9.26. The number of sulfone groups is 2. The average Bonchev–Trinajstić information content (AvgIpc) is 2.73. The minimum absolute atomic E-state index is 0.0230. The van der Waals surface area contributed by atoms with E-state index in [2.05, 4.69) is 0 Å². The lowest BCUT2D eigenvalue weighted by atomic mass is 10.1. The van der Waals surface area contributed by atoms with Crippen molar-refractivity contribution < 1.29 is 16.8 Å². The molecule has 3 rings (SSSR count). The number of nitrogens with zero attached hydrogens (tertiary/aromatic N) is 1. The number of halogens is 1. The molecule has 3 aromatic carbocycles. The van der Waals surface area contributed by atoms with Gasteiger partial charge >= 0.3 is 0 Å². The zero-order chi connectivity index (χ0) is 22.2. The molecule has 0 N–H and O–H groups in total. The summed E-state index contributed by atoms with van der Waals surface area (Å²) in [5.74, 6) is 0.0659. The molecule has 0 bridgehead atoms. The van der Waals surface area contributed by atoms with Crippen molar-refractivity contribution in [2.24, 2.45) is 0 Å². The summed E-state index contributed by atoms with van der Waals surface area (Å²) in [6, 6.07) is 20.7. The number of fused-ring (bicyclic) bond motifs is 1. The quantitative estimate of drug-likeness (QED) is 0.510. The molecule has 0 spiro atoms. The molecule has 0 heterocycles. The Hall–Kier alpha value is -2.40. The molecule has 0 atom stereocenters. The van der Waals surface area contributed by atoms with Gasteiger partial charge in [0.25, 0.3) is 0 Å². The molecule has 5 nitrogen and oxygen atoms in total. The second-order valence-electron chi connectivity index (χ2n) is 6.51. The van der Waals surface area contributed by atoms with Gasteiger partial charge < -0.3 is 0 Å². The maximum Gasteiger partial charge on any atom is 0.179 e. The molecule has 0 aliphatic heterocycles. The van der Waals surface area contributed by atoms with E-state index in [9.17, 15) is 16.8 Å². The molecule has 0 saturated carbocycles. The maximum atomic E-state index is 11.9. The van der Waals surface area contributed by atoms with Crippen LogP contribution in [0.25, 0.3) is 10.8 Å². The van der Waals surface area contributed by atoms with E-state index in [4.69, 9.17) is 16.9 Å². The fourth-order valence-corrected chi connectivity index (χ4v) is 5.31. The van der Waals surface area contributed by atoms with E-state index >= 15 is 0 Å². The van der Waals surface area contributed by atoms with Crippen LogP contribution >= 0.6 is 11.6 Å². The molecule has 8 heteroatoms. The van der Waals surface area contributed by atoms with Gasteiger partial charge in [0.15, 0.2) is 19.7 Å². The molecule has 0 amide bonds. The predicted octanol–water partition coefficient (Wildman–Crippen LogP) is 5.05. The van der Waals surface area contributed by atoms with Crippen molar-refractivity contribution in [1.29, 1.82) is 5.26 Å². The van der Waals surface area contributed by atoms with E-state index in [1.165, 1.54) is 12.1 Å². The molecular formula is C22H22ClNO4S2. The Kier molecular flexibility index (Phi) is 8.42. The molecule has 0 unspecified atom stereocenters. The minimum Gasteiger partial charge on any atom is -0.224 e. The van der Waals surface area contributed by atoms with Crippen LogP contribution in [-0.2, 0) is 19.7 Å². The van der Waals surface area contributed by atoms with Crippen LogP contribution in [0.2, 0.25) is 5.02 Å². The van der Waals surface area contributed by atoms with Gasteiger partial charge in [-0.15, -0.1) is 0 Å². The van der Waals surface area contributed by atoms with Crippen molar-refractivity contribution in [2.75, 3.05) is 11.5 Å². The van der Waals surface area contributed by atoms with E-state index in [-0.39, 0.29) is 22.8 Å². The second kappa shape index (κ2) is 10.6. The zero-order valence-electron chi connectivity index (χ0n) is 16.5. The van der Waals surface area contributed by atoms with Crippen molar-refractivity contribution in [1.82, 2.24) is 0 Å². The van der Waals surface area contributed by atoms with Crippen molar-refractivity contribution in [3.05, 3.63) is 71.8 Å². The Labute approximate surface area is 182 Å². The topological polar surface area (TPSA) is 92.1 Å². The zero-order valence-corrected chi connectivity index (χ0v) is 18.8. The van der Waals surface area contributed by atoms with Crippen molar-refractivity contribution in [3.8, 4) is 6.07 Å². The SMILES string of the molecule is CCCS(=O)(=O)c1ccc(Cl)cc1.N#CCCS(=O)(=O)c1ccc2ccccc2c1. The molecule has 0 radical (unpaired) electrons. The predicted molar refractivity (Wildman–Crippen MR) is 120 cm³/mol. The summed E-state index contributed by atoms with van der Waals surface area (Å²) in [6.07, 6.45) is 0.653. The third kappa shape index (κ3) is 6.56. The summed E-state index contributed by atoms with van der Waals surface area (Å²) in [4.78, 5) is 0.630. The summed E-state index contributed by atoms with van der Waals surface area (Å²) in [6.45, 7) is 1.84. The molecule has 0 aromatic heterocycles. The summed E-state index contributed by atoms with van der Waals surface area (Å²) in [5, 5.41) is 10.9. The maximum absolute atomic E-state index is 11.9. The van der Waals surface area contributed by atoms with Gasteiger partial charge in [-0.05, 0) is 53.6 Å². The molecular weight excluding hydrogens is 442 g/mol. The highest BCUT2D eigenvalue weighted by molar-refractivity contribution is 7.91. The van der Waals surface area contributed by atoms with Gasteiger partial charge in [0, 0.05) is 11.4 Å². The van der Waals surface area contributed by atoms with E-state index in [1.54, 1.807) is 30.3 Å². The first-order chi connectivity index (χ1) is 14.2. The standard InChI is InChI=1S/C13H11NO2S.C9H11ClO2S/c14-8-3-9-17(15,16)13-7-6-11-4-1-2-5-12(11)10-13;1-2-7-13(11,12)9-5-3-8(10)4-6-9/h1-2,4-7,10H,3,9H2;3-6H,2,7H2,1H3. The Morgan fingerprint density at radius 3 is 1.97 bits per heavy atom. The van der Waals surface area contributed by atoms with Gasteiger partial charge in [-0.25, -0.2) is 16.8 Å². The normalized spacial score (nSPS) is 11.4. The lowest BCUT2D eigenvalue weighted by molar-refractivity contribution is 0.593. The number of rotatable bonds is 6. The van der Waals surface area contributed by atoms with E-state index in [0.717, 1.165) is 10.8 Å². The third-order valence-electron chi connectivity index (χ3n) is 4.21. The van der Waals surface area contributed by atoms with Crippen LogP contribution in [0.5, 0.6) is 0 Å². The Balaban J connectivity index is 0.000000222. The van der Waals surface area contributed by atoms with Crippen LogP contribution in [0, 0.1) is 11.3 Å². The number of benzene rings is 3. The third-order valence-corrected chi connectivity index (χ3v) is 8.11. The fourth-order valence-electron chi connectivity index (χ4n) is 2.69. The molecule has 158 valence electrons. The molecule has 0 fully saturated rings. The molecule has 3 aromatic rings. The highest BCUT2D eigenvalue weighted by atomic mass is 35.5. The summed E-state index contributed by atoms with van der Waals surface area (Å²) < 4.78 is 46.8.